The van der Waals surface area contributed by atoms with Crippen LogP contribution in [0.2, 0.25) is 0 Å². The first kappa shape index (κ1) is 70.9. The van der Waals surface area contributed by atoms with Crippen LogP contribution in [0.5, 0.6) is 0 Å². The van der Waals surface area contributed by atoms with Crippen LogP contribution in [0.1, 0.15) is 233 Å². The van der Waals surface area contributed by atoms with E-state index in [0.717, 1.165) is 123 Å². The number of carbonyl (C=O) groups is 4. The van der Waals surface area contributed by atoms with Gasteiger partial charge < -0.3 is 46.4 Å². The van der Waals surface area contributed by atoms with Crippen molar-refractivity contribution in [2.45, 2.75) is 245 Å². The molecule has 0 saturated heterocycles. The lowest BCUT2D eigenvalue weighted by molar-refractivity contribution is -0.989. The van der Waals surface area contributed by atoms with Gasteiger partial charge in [-0.1, -0.05) is 148 Å². The quantitative estimate of drug-likeness (QED) is 0.0129. The summed E-state index contributed by atoms with van der Waals surface area (Å²) in [6.45, 7) is 12.2. The first-order valence-corrected chi connectivity index (χ1v) is 28.6. The predicted molar refractivity (Wildman–Crippen MR) is 287 cm³/mol. The molecule has 424 valence electrons. The van der Waals surface area contributed by atoms with Gasteiger partial charge in [0.05, 0.1) is 27.1 Å². The molecule has 0 fully saturated rings. The van der Waals surface area contributed by atoms with Crippen LogP contribution in [0.4, 0.5) is 18.0 Å². The van der Waals surface area contributed by atoms with Gasteiger partial charge in [0.2, 0.25) is 0 Å². The molecule has 0 aromatic heterocycles. The van der Waals surface area contributed by atoms with Crippen LogP contribution in [0.15, 0.2) is 24.3 Å². The van der Waals surface area contributed by atoms with E-state index in [2.05, 4.69) is 59.4 Å². The van der Waals surface area contributed by atoms with E-state index in [4.69, 9.17) is 25.1 Å². The number of nitrogens with zero attached hydrogens (tertiary/aromatic N) is 1. The summed E-state index contributed by atoms with van der Waals surface area (Å²) in [5.74, 6) is -5.18. The van der Waals surface area contributed by atoms with Gasteiger partial charge >= 0.3 is 30.1 Å². The Morgan fingerprint density at radius 2 is 0.847 bits per heavy atom. The maximum atomic E-state index is 13.4. The molecule has 0 aliphatic rings. The predicted octanol–water partition coefficient (Wildman–Crippen LogP) is 11.6. The Morgan fingerprint density at radius 3 is 1.22 bits per heavy atom. The van der Waals surface area contributed by atoms with E-state index in [0.29, 0.717) is 26.1 Å². The average molecular weight is 1030 g/mol. The van der Waals surface area contributed by atoms with Crippen LogP contribution in [-0.4, -0.2) is 107 Å². The molecular formula is C56H107F3N6O7. The van der Waals surface area contributed by atoms with Gasteiger partial charge in [-0.2, -0.15) is 13.2 Å². The molecule has 72 heavy (non-hydrogen) atoms. The van der Waals surface area contributed by atoms with Crippen molar-refractivity contribution in [3.63, 3.8) is 0 Å². The number of unbranched alkanes of at least 4 members (excludes halogenated alkanes) is 23. The number of alkyl halides is 3. The highest BCUT2D eigenvalue weighted by molar-refractivity contribution is 5.73. The number of hydrogen-bond donors (Lipinski definition) is 5. The third kappa shape index (κ3) is 45.4. The summed E-state index contributed by atoms with van der Waals surface area (Å²) < 4.78 is 44.1. The normalized spacial score (nSPS) is 12.0. The number of carboxylic acids is 1. The minimum absolute atomic E-state index is 0.0898. The molecule has 0 saturated carbocycles. The number of nitrogens with two attached hydrogens (primary N) is 1. The number of quaternary nitrogens is 1. The molecule has 16 heteroatoms. The van der Waals surface area contributed by atoms with Gasteiger partial charge in [-0.05, 0) is 123 Å². The molecule has 0 aliphatic heterocycles. The molecule has 0 spiro atoms. The minimum Gasteiger partial charge on any atom is -0.542 e. The highest BCUT2D eigenvalue weighted by Gasteiger charge is 2.52. The Balaban J connectivity index is 0. The fourth-order valence-corrected chi connectivity index (χ4v) is 8.05. The van der Waals surface area contributed by atoms with Gasteiger partial charge in [0.25, 0.3) is 0 Å². The lowest BCUT2D eigenvalue weighted by Crippen LogP contribution is -2.65. The number of carboxylic acid groups (broad SMARTS) is 1. The smallest absolute Gasteiger partial charge is 0.430 e. The molecular weight excluding hydrogens is 926 g/mol. The van der Waals surface area contributed by atoms with E-state index in [1.165, 1.54) is 103 Å². The van der Waals surface area contributed by atoms with Crippen molar-refractivity contribution in [3.05, 3.63) is 24.3 Å². The molecule has 0 radical (unpaired) electrons. The van der Waals surface area contributed by atoms with Gasteiger partial charge in [-0.25, -0.2) is 4.79 Å². The van der Waals surface area contributed by atoms with E-state index in [1.807, 2.05) is 21.0 Å². The molecule has 2 amide bonds. The van der Waals surface area contributed by atoms with Crippen LogP contribution in [-0.2, 0) is 23.9 Å². The number of esters is 2. The Bertz CT molecular complexity index is 1300. The first-order valence-electron chi connectivity index (χ1n) is 28.6. The number of allylic oxidation sites excluding steroid dienone is 4. The SMILES string of the molecule is CCCCCCCC/C=C\CCCCCCCC(=O)OC(CC)(OC(=O)CCCCCCC/C=C\CCCCCCCC)[N+](C)(C)CCNC(=O)NCCCNCCCCNCCCN.O=C([O-])C(F)(F)F. The zero-order chi connectivity index (χ0) is 53.9. The van der Waals surface area contributed by atoms with E-state index >= 15 is 0 Å². The molecule has 13 nitrogen and oxygen atoms in total. The number of hydrogen-bond acceptors (Lipinski definition) is 10. The Hall–Kier alpha value is -3.21. The number of amides is 2. The number of halogens is 3. The zero-order valence-electron chi connectivity index (χ0n) is 46.3. The second-order valence-electron chi connectivity index (χ2n) is 19.8. The van der Waals surface area contributed by atoms with E-state index in [1.54, 1.807) is 0 Å². The summed E-state index contributed by atoms with van der Waals surface area (Å²) >= 11 is 0. The summed E-state index contributed by atoms with van der Waals surface area (Å²) in [5.41, 5.74) is 5.53. The lowest BCUT2D eigenvalue weighted by atomic mass is 10.1. The van der Waals surface area contributed by atoms with Gasteiger partial charge in [0.1, 0.15) is 12.5 Å². The molecule has 0 rings (SSSR count). The summed E-state index contributed by atoms with van der Waals surface area (Å²) in [4.78, 5) is 48.3. The van der Waals surface area contributed by atoms with Gasteiger partial charge in [0.15, 0.2) is 0 Å². The number of carbonyl (C=O) groups excluding carboxylic acids is 4. The Morgan fingerprint density at radius 1 is 0.500 bits per heavy atom. The van der Waals surface area contributed by atoms with Gasteiger partial charge in [-0.3, -0.25) is 14.1 Å². The molecule has 0 aromatic carbocycles. The van der Waals surface area contributed by atoms with Gasteiger partial charge in [0, 0.05) is 19.4 Å². The monoisotopic (exact) mass is 1030 g/mol. The highest BCUT2D eigenvalue weighted by atomic mass is 19.4. The van der Waals surface area contributed by atoms with Crippen molar-refractivity contribution >= 4 is 23.9 Å². The summed E-state index contributed by atoms with van der Waals surface area (Å²) in [6.07, 6.45) is 40.1. The van der Waals surface area contributed by atoms with Crippen molar-refractivity contribution < 1.29 is 51.4 Å². The van der Waals surface area contributed by atoms with Crippen molar-refractivity contribution in [3.8, 4) is 0 Å². The minimum atomic E-state index is -5.19. The summed E-state index contributed by atoms with van der Waals surface area (Å²) in [6, 6.07) is -0.238. The average Bonchev–Trinajstić information content (AvgIpc) is 3.33. The van der Waals surface area contributed by atoms with Crippen molar-refractivity contribution in [1.82, 2.24) is 21.3 Å². The van der Waals surface area contributed by atoms with Crippen LogP contribution >= 0.6 is 0 Å². The number of ether oxygens (including phenoxy) is 2. The van der Waals surface area contributed by atoms with E-state index < -0.39 is 18.1 Å². The number of likely N-dealkylation sites (N-methyl/N-ethyl adjacent to an activating group) is 1. The van der Waals surface area contributed by atoms with Crippen molar-refractivity contribution in [1.29, 1.82) is 0 Å². The maximum absolute atomic E-state index is 13.4. The lowest BCUT2D eigenvalue weighted by Gasteiger charge is -2.44. The topological polar surface area (TPSA) is 184 Å². The van der Waals surface area contributed by atoms with Crippen LogP contribution in [0, 0.1) is 0 Å². The summed E-state index contributed by atoms with van der Waals surface area (Å²) in [5, 5.41) is 21.5. The first-order chi connectivity index (χ1) is 34.6. The summed E-state index contributed by atoms with van der Waals surface area (Å²) in [7, 11) is 3.82. The molecule has 0 bridgehead atoms. The largest absolute Gasteiger partial charge is 0.542 e. The van der Waals surface area contributed by atoms with Crippen LogP contribution < -0.4 is 32.1 Å². The van der Waals surface area contributed by atoms with E-state index in [-0.39, 0.29) is 35.3 Å². The maximum Gasteiger partial charge on any atom is 0.430 e. The molecule has 0 unspecified atom stereocenters. The molecule has 0 atom stereocenters. The number of urea groups is 1. The highest BCUT2D eigenvalue weighted by Crippen LogP contribution is 2.30. The second-order valence-corrected chi connectivity index (χ2v) is 19.8. The fourth-order valence-electron chi connectivity index (χ4n) is 8.05. The standard InChI is InChI=1S/C54H106N6O5.C2HF3O2/c1-6-9-11-13-15-17-19-21-23-25-27-29-31-33-35-41-51(61)64-54(8-3,65-52(62)42-36-34-32-30-28-26-24-22-20-18-16-14-12-10-7-2)60(4,5)50-49-59-53(63)58-48-40-47-57-45-38-37-44-56-46-39-43-55;3-2(4,5)1(6)7/h21-24,56-57H,6-20,25-50,55H2,1-5H3,(H-,58,59,63);(H,6,7)/b23-21-,24-22-;. The van der Waals surface area contributed by atoms with Crippen molar-refractivity contribution in [2.75, 3.05) is 66.5 Å². The van der Waals surface area contributed by atoms with Crippen LogP contribution in [0.25, 0.3) is 0 Å². The number of aliphatic carboxylic acids is 1. The second kappa shape index (κ2) is 50.0. The Kier molecular flexibility index (Phi) is 49.2. The van der Waals surface area contributed by atoms with E-state index in [9.17, 15) is 27.6 Å². The van der Waals surface area contributed by atoms with Gasteiger partial charge in [-0.15, -0.1) is 0 Å². The third-order valence-corrected chi connectivity index (χ3v) is 12.7. The molecule has 0 heterocycles. The third-order valence-electron chi connectivity index (χ3n) is 12.7. The fraction of sp³-hybridized carbons (Fsp3) is 0.857. The number of rotatable bonds is 49. The molecule has 6 N–H and O–H groups in total. The van der Waals surface area contributed by atoms with Crippen LogP contribution in [0.3, 0.4) is 0 Å². The van der Waals surface area contributed by atoms with Crippen molar-refractivity contribution in [2.24, 2.45) is 5.73 Å². The zero-order valence-corrected chi connectivity index (χ0v) is 46.3. The number of nitrogens with one attached hydrogen (secondary N) is 4. The molecule has 0 aliphatic carbocycles. The Labute approximate surface area is 436 Å². The molecule has 0 aromatic rings.